The first-order valence-corrected chi connectivity index (χ1v) is 5.77. The topological polar surface area (TPSA) is 68.0 Å². The molecule has 0 aliphatic rings. The van der Waals surface area contributed by atoms with Crippen molar-refractivity contribution in [2.24, 2.45) is 7.05 Å². The molecule has 0 atom stereocenters. The van der Waals surface area contributed by atoms with E-state index in [0.29, 0.717) is 0 Å². The largest absolute Gasteiger partial charge is 0.476 e. The Kier molecular flexibility index (Phi) is 2.52. The van der Waals surface area contributed by atoms with Crippen molar-refractivity contribution < 1.29 is 9.90 Å². The predicted octanol–water partition coefficient (Wildman–Crippen LogP) is 2.33. The van der Waals surface area contributed by atoms with Gasteiger partial charge in [0.25, 0.3) is 0 Å². The Bertz CT molecular complexity index is 772. The van der Waals surface area contributed by atoms with Crippen LogP contribution in [0.1, 0.15) is 10.5 Å². The minimum Gasteiger partial charge on any atom is -0.476 e. The Balaban J connectivity index is 2.27. The molecule has 0 fully saturated rings. The highest BCUT2D eigenvalue weighted by Gasteiger charge is 2.14. The fourth-order valence-corrected chi connectivity index (χ4v) is 2.17. The molecule has 0 bridgehead atoms. The number of aryl methyl sites for hydroxylation is 1. The number of rotatable bonds is 2. The summed E-state index contributed by atoms with van der Waals surface area (Å²) >= 11 is 0. The van der Waals surface area contributed by atoms with Crippen molar-refractivity contribution in [1.29, 1.82) is 0 Å². The molecule has 3 aromatic rings. The van der Waals surface area contributed by atoms with Gasteiger partial charge in [-0.3, -0.25) is 9.67 Å². The van der Waals surface area contributed by atoms with E-state index < -0.39 is 5.97 Å². The van der Waals surface area contributed by atoms with Crippen molar-refractivity contribution in [2.75, 3.05) is 0 Å². The summed E-state index contributed by atoms with van der Waals surface area (Å²) in [7, 11) is 1.74. The molecule has 2 heterocycles. The third-order valence-corrected chi connectivity index (χ3v) is 3.06. The third-order valence-electron chi connectivity index (χ3n) is 3.06. The molecule has 1 aromatic carbocycles. The molecule has 0 aliphatic heterocycles. The molecule has 0 radical (unpaired) electrons. The van der Waals surface area contributed by atoms with E-state index in [-0.39, 0.29) is 5.69 Å². The molecule has 19 heavy (non-hydrogen) atoms. The van der Waals surface area contributed by atoms with Crippen LogP contribution in [0.4, 0.5) is 0 Å². The molecule has 0 spiro atoms. The number of carboxylic acid groups (broad SMARTS) is 1. The summed E-state index contributed by atoms with van der Waals surface area (Å²) in [6.45, 7) is 0. The van der Waals surface area contributed by atoms with Crippen molar-refractivity contribution in [3.63, 3.8) is 0 Å². The van der Waals surface area contributed by atoms with Gasteiger partial charge in [-0.25, -0.2) is 4.79 Å². The third kappa shape index (κ3) is 1.85. The van der Waals surface area contributed by atoms with Gasteiger partial charge < -0.3 is 5.11 Å². The van der Waals surface area contributed by atoms with E-state index in [2.05, 4.69) is 10.1 Å². The lowest BCUT2D eigenvalue weighted by Gasteiger charge is -2.06. The smallest absolute Gasteiger partial charge is 0.356 e. The molecule has 5 heteroatoms. The first-order valence-electron chi connectivity index (χ1n) is 5.77. The maximum Gasteiger partial charge on any atom is 0.356 e. The molecular weight excluding hydrogens is 242 g/mol. The van der Waals surface area contributed by atoms with Crippen LogP contribution in [0.2, 0.25) is 0 Å². The van der Waals surface area contributed by atoms with Gasteiger partial charge in [0.1, 0.15) is 0 Å². The molecule has 0 aliphatic carbocycles. The summed E-state index contributed by atoms with van der Waals surface area (Å²) < 4.78 is 1.58. The van der Waals surface area contributed by atoms with Gasteiger partial charge >= 0.3 is 5.97 Å². The van der Waals surface area contributed by atoms with Crippen LogP contribution >= 0.6 is 0 Å². The lowest BCUT2D eigenvalue weighted by Crippen LogP contribution is -1.99. The summed E-state index contributed by atoms with van der Waals surface area (Å²) in [5.41, 5.74) is 1.76. The fourth-order valence-electron chi connectivity index (χ4n) is 2.17. The molecule has 0 amide bonds. The van der Waals surface area contributed by atoms with E-state index in [4.69, 9.17) is 5.11 Å². The molecule has 3 rings (SSSR count). The second-order valence-corrected chi connectivity index (χ2v) is 4.25. The maximum absolute atomic E-state index is 11.0. The van der Waals surface area contributed by atoms with Gasteiger partial charge in [-0.15, -0.1) is 0 Å². The lowest BCUT2D eigenvalue weighted by molar-refractivity contribution is 0.0689. The first kappa shape index (κ1) is 11.4. The number of benzene rings is 1. The number of pyridine rings is 1. The molecule has 2 aromatic heterocycles. The van der Waals surface area contributed by atoms with Crippen LogP contribution in [0.15, 0.2) is 42.7 Å². The quantitative estimate of drug-likeness (QED) is 0.761. The number of aromatic nitrogens is 3. The molecule has 0 unspecified atom stereocenters. The summed E-state index contributed by atoms with van der Waals surface area (Å²) in [6, 6.07) is 9.34. The fraction of sp³-hybridized carbons (Fsp3) is 0.0714. The molecular formula is C14H11N3O2. The number of nitrogens with zero attached hydrogens (tertiary/aromatic N) is 3. The van der Waals surface area contributed by atoms with E-state index in [1.165, 1.54) is 0 Å². The normalized spacial score (nSPS) is 10.8. The van der Waals surface area contributed by atoms with Gasteiger partial charge in [-0.2, -0.15) is 5.10 Å². The second-order valence-electron chi connectivity index (χ2n) is 4.25. The minimum atomic E-state index is -1.02. The van der Waals surface area contributed by atoms with Crippen LogP contribution in [-0.2, 0) is 7.05 Å². The van der Waals surface area contributed by atoms with E-state index >= 15 is 0 Å². The Morgan fingerprint density at radius 2 is 2.16 bits per heavy atom. The summed E-state index contributed by atoms with van der Waals surface area (Å²) in [6.07, 6.45) is 3.51. The highest BCUT2D eigenvalue weighted by Crippen LogP contribution is 2.28. The lowest BCUT2D eigenvalue weighted by atomic mass is 10.0. The van der Waals surface area contributed by atoms with Crippen LogP contribution in [0.25, 0.3) is 22.0 Å². The Morgan fingerprint density at radius 3 is 2.89 bits per heavy atom. The molecule has 5 nitrogen and oxygen atoms in total. The number of carbonyl (C=O) groups is 1. The highest BCUT2D eigenvalue weighted by molar-refractivity contribution is 5.96. The van der Waals surface area contributed by atoms with Gasteiger partial charge in [0.05, 0.1) is 5.69 Å². The SMILES string of the molecule is Cn1nc(C(=O)O)cc1-c1cccc2cnccc12. The second kappa shape index (κ2) is 4.20. The zero-order valence-corrected chi connectivity index (χ0v) is 10.2. The number of hydrogen-bond donors (Lipinski definition) is 1. The van der Waals surface area contributed by atoms with Crippen molar-refractivity contribution >= 4 is 16.7 Å². The Labute approximate surface area is 109 Å². The van der Waals surface area contributed by atoms with E-state index in [0.717, 1.165) is 22.0 Å². The zero-order valence-electron chi connectivity index (χ0n) is 10.2. The van der Waals surface area contributed by atoms with Crippen LogP contribution in [-0.4, -0.2) is 25.8 Å². The average molecular weight is 253 g/mol. The molecule has 94 valence electrons. The zero-order chi connectivity index (χ0) is 13.4. The van der Waals surface area contributed by atoms with Crippen LogP contribution in [0, 0.1) is 0 Å². The number of fused-ring (bicyclic) bond motifs is 1. The minimum absolute atomic E-state index is 0.0450. The van der Waals surface area contributed by atoms with Gasteiger partial charge in [-0.1, -0.05) is 18.2 Å². The molecule has 0 saturated heterocycles. The Morgan fingerprint density at radius 1 is 1.32 bits per heavy atom. The monoisotopic (exact) mass is 253 g/mol. The average Bonchev–Trinajstić information content (AvgIpc) is 2.80. The van der Waals surface area contributed by atoms with Crippen LogP contribution < -0.4 is 0 Å². The standard InChI is InChI=1S/C14H11N3O2/c1-17-13(7-12(16-17)14(18)19)11-4-2-3-9-8-15-6-5-10(9)11/h2-8H,1H3,(H,18,19). The van der Waals surface area contributed by atoms with Crippen molar-refractivity contribution in [1.82, 2.24) is 14.8 Å². The van der Waals surface area contributed by atoms with Gasteiger partial charge in [0, 0.05) is 30.4 Å². The van der Waals surface area contributed by atoms with Crippen molar-refractivity contribution in [2.45, 2.75) is 0 Å². The van der Waals surface area contributed by atoms with E-state index in [1.54, 1.807) is 30.2 Å². The number of aromatic carboxylic acids is 1. The van der Waals surface area contributed by atoms with Crippen molar-refractivity contribution in [3.8, 4) is 11.3 Å². The molecule has 0 saturated carbocycles. The van der Waals surface area contributed by atoms with Crippen LogP contribution in [0.5, 0.6) is 0 Å². The summed E-state index contributed by atoms with van der Waals surface area (Å²) in [4.78, 5) is 15.1. The van der Waals surface area contributed by atoms with Gasteiger partial charge in [0.2, 0.25) is 0 Å². The molecule has 1 N–H and O–H groups in total. The van der Waals surface area contributed by atoms with Gasteiger partial charge in [-0.05, 0) is 17.5 Å². The van der Waals surface area contributed by atoms with Gasteiger partial charge in [0.15, 0.2) is 5.69 Å². The number of carboxylic acids is 1. The van der Waals surface area contributed by atoms with E-state index in [9.17, 15) is 4.79 Å². The highest BCUT2D eigenvalue weighted by atomic mass is 16.4. The van der Waals surface area contributed by atoms with E-state index in [1.807, 2.05) is 24.3 Å². The summed E-state index contributed by atoms with van der Waals surface area (Å²) in [5.74, 6) is -1.02. The predicted molar refractivity (Wildman–Crippen MR) is 70.9 cm³/mol. The van der Waals surface area contributed by atoms with Crippen LogP contribution in [0.3, 0.4) is 0 Å². The Hall–Kier alpha value is -2.69. The number of hydrogen-bond acceptors (Lipinski definition) is 3. The maximum atomic E-state index is 11.0. The summed E-state index contributed by atoms with van der Waals surface area (Å²) in [5, 5.41) is 15.0. The van der Waals surface area contributed by atoms with Crippen molar-refractivity contribution in [3.05, 3.63) is 48.4 Å². The first-order chi connectivity index (χ1) is 9.16.